The van der Waals surface area contributed by atoms with Crippen LogP contribution in [0.25, 0.3) is 0 Å². The van der Waals surface area contributed by atoms with Gasteiger partial charge in [0.2, 0.25) is 0 Å². The first-order chi connectivity index (χ1) is 9.49. The molecule has 0 amide bonds. The molecular weight excluding hydrogens is 278 g/mol. The van der Waals surface area contributed by atoms with Gasteiger partial charge in [0.25, 0.3) is 0 Å². The number of aliphatic carboxylic acids is 1. The van der Waals surface area contributed by atoms with Gasteiger partial charge in [-0.2, -0.15) is 0 Å². The highest BCUT2D eigenvalue weighted by Gasteiger charge is 2.45. The van der Waals surface area contributed by atoms with Crippen molar-refractivity contribution in [2.45, 2.75) is 37.2 Å². The summed E-state index contributed by atoms with van der Waals surface area (Å²) in [4.78, 5) is 13.4. The number of hydrogen-bond acceptors (Lipinski definition) is 4. The molecule has 1 N–H and O–H groups in total. The Labute approximate surface area is 118 Å². The van der Waals surface area contributed by atoms with Crippen LogP contribution in [0, 0.1) is 0 Å². The molecule has 3 rings (SSSR count). The lowest BCUT2D eigenvalue weighted by molar-refractivity contribution is -0.143. The van der Waals surface area contributed by atoms with Crippen molar-refractivity contribution in [3.63, 3.8) is 0 Å². The van der Waals surface area contributed by atoms with E-state index in [1.54, 1.807) is 4.90 Å². The zero-order chi connectivity index (χ0) is 14.3. The van der Waals surface area contributed by atoms with Gasteiger partial charge in [0.1, 0.15) is 6.04 Å². The Kier molecular flexibility index (Phi) is 3.30. The van der Waals surface area contributed by atoms with Crippen molar-refractivity contribution in [1.29, 1.82) is 0 Å². The minimum Gasteiger partial charge on any atom is -0.480 e. The number of hydrogen-bond donors (Lipinski definition) is 1. The number of carboxylic acid groups (broad SMARTS) is 1. The van der Waals surface area contributed by atoms with E-state index in [0.29, 0.717) is 25.9 Å². The van der Waals surface area contributed by atoms with Gasteiger partial charge in [0.15, 0.2) is 9.84 Å². The molecule has 2 aliphatic heterocycles. The van der Waals surface area contributed by atoms with E-state index in [4.69, 9.17) is 0 Å². The van der Waals surface area contributed by atoms with Gasteiger partial charge in [-0.25, -0.2) is 8.42 Å². The molecule has 6 heteroatoms. The van der Waals surface area contributed by atoms with E-state index in [1.807, 2.05) is 24.3 Å². The van der Waals surface area contributed by atoms with Gasteiger partial charge in [-0.15, -0.1) is 0 Å². The van der Waals surface area contributed by atoms with Crippen molar-refractivity contribution in [3.8, 4) is 0 Å². The number of rotatable bonds is 3. The molecule has 0 saturated carbocycles. The van der Waals surface area contributed by atoms with Crippen LogP contribution in [0.1, 0.15) is 24.0 Å². The van der Waals surface area contributed by atoms with E-state index in [1.165, 1.54) is 0 Å². The van der Waals surface area contributed by atoms with Crippen LogP contribution in [0.15, 0.2) is 24.3 Å². The molecule has 2 heterocycles. The maximum atomic E-state index is 12.0. The maximum absolute atomic E-state index is 12.0. The van der Waals surface area contributed by atoms with Crippen molar-refractivity contribution in [1.82, 2.24) is 4.90 Å². The number of nitrogens with zero attached hydrogens (tertiary/aromatic N) is 1. The highest BCUT2D eigenvalue weighted by molar-refractivity contribution is 7.92. The van der Waals surface area contributed by atoms with Crippen molar-refractivity contribution in [2.75, 3.05) is 5.75 Å². The van der Waals surface area contributed by atoms with Crippen molar-refractivity contribution < 1.29 is 18.3 Å². The van der Waals surface area contributed by atoms with Crippen molar-refractivity contribution >= 4 is 15.8 Å². The average Bonchev–Trinajstić information content (AvgIpc) is 2.93. The molecule has 1 aromatic rings. The number of benzene rings is 1. The van der Waals surface area contributed by atoms with Crippen LogP contribution in [0.2, 0.25) is 0 Å². The van der Waals surface area contributed by atoms with Gasteiger partial charge in [-0.05, 0) is 24.0 Å². The van der Waals surface area contributed by atoms with E-state index in [0.717, 1.165) is 11.1 Å². The zero-order valence-corrected chi connectivity index (χ0v) is 11.8. The molecule has 5 nitrogen and oxygen atoms in total. The lowest BCUT2D eigenvalue weighted by atomic mass is 10.1. The fraction of sp³-hybridized carbons (Fsp3) is 0.500. The largest absolute Gasteiger partial charge is 0.480 e. The first-order valence-electron chi connectivity index (χ1n) is 6.74. The van der Waals surface area contributed by atoms with Gasteiger partial charge in [0, 0.05) is 13.1 Å². The molecule has 20 heavy (non-hydrogen) atoms. The first-order valence-corrected chi connectivity index (χ1v) is 8.46. The summed E-state index contributed by atoms with van der Waals surface area (Å²) in [5.74, 6) is -0.921. The van der Waals surface area contributed by atoms with Crippen LogP contribution in [0.4, 0.5) is 0 Å². The summed E-state index contributed by atoms with van der Waals surface area (Å²) in [6.45, 7) is 1.03. The van der Waals surface area contributed by atoms with Crippen LogP contribution >= 0.6 is 0 Å². The first kappa shape index (κ1) is 13.6. The summed E-state index contributed by atoms with van der Waals surface area (Å²) in [5.41, 5.74) is 2.18. The second kappa shape index (κ2) is 4.86. The summed E-state index contributed by atoms with van der Waals surface area (Å²) in [6, 6.07) is 6.85. The fourth-order valence-corrected chi connectivity index (χ4v) is 5.36. The Morgan fingerprint density at radius 3 is 2.30 bits per heavy atom. The molecule has 0 aromatic heterocycles. The van der Waals surface area contributed by atoms with Crippen molar-refractivity contribution in [3.05, 3.63) is 35.4 Å². The second-order valence-electron chi connectivity index (χ2n) is 5.50. The smallest absolute Gasteiger partial charge is 0.322 e. The monoisotopic (exact) mass is 295 g/mol. The normalized spacial score (nSPS) is 26.3. The van der Waals surface area contributed by atoms with Crippen molar-refractivity contribution in [2.24, 2.45) is 0 Å². The summed E-state index contributed by atoms with van der Waals surface area (Å²) in [7, 11) is -3.28. The molecule has 2 atom stereocenters. The summed E-state index contributed by atoms with van der Waals surface area (Å²) < 4.78 is 24.1. The Morgan fingerprint density at radius 2 is 1.85 bits per heavy atom. The van der Waals surface area contributed by atoms with Gasteiger partial charge in [0.05, 0.1) is 11.0 Å². The molecule has 2 unspecified atom stereocenters. The van der Waals surface area contributed by atoms with E-state index in [9.17, 15) is 18.3 Å². The fourth-order valence-electron chi connectivity index (χ4n) is 3.28. The quantitative estimate of drug-likeness (QED) is 0.901. The van der Waals surface area contributed by atoms with Gasteiger partial charge >= 0.3 is 5.97 Å². The van der Waals surface area contributed by atoms with Gasteiger partial charge < -0.3 is 5.11 Å². The van der Waals surface area contributed by atoms with E-state index < -0.39 is 27.1 Å². The zero-order valence-electron chi connectivity index (χ0n) is 11.0. The van der Waals surface area contributed by atoms with E-state index in [2.05, 4.69) is 0 Å². The number of carbonyl (C=O) groups is 1. The molecular formula is C14H17NO4S. The Balaban J connectivity index is 1.89. The minimum atomic E-state index is -3.28. The molecule has 0 bridgehead atoms. The Bertz CT molecular complexity index is 615. The van der Waals surface area contributed by atoms with Crippen LogP contribution in [0.3, 0.4) is 0 Å². The molecule has 1 aromatic carbocycles. The molecule has 0 radical (unpaired) electrons. The van der Waals surface area contributed by atoms with Crippen LogP contribution < -0.4 is 0 Å². The predicted molar refractivity (Wildman–Crippen MR) is 73.9 cm³/mol. The predicted octanol–water partition coefficient (Wildman–Crippen LogP) is 1.03. The summed E-state index contributed by atoms with van der Waals surface area (Å²) >= 11 is 0. The van der Waals surface area contributed by atoms with E-state index >= 15 is 0 Å². The SMILES string of the molecule is O=C(O)C(C1CCCS1(=O)=O)N1Cc2ccccc2C1. The third-order valence-electron chi connectivity index (χ3n) is 4.24. The number of sulfone groups is 1. The van der Waals surface area contributed by atoms with Crippen LogP contribution in [0.5, 0.6) is 0 Å². The molecule has 1 fully saturated rings. The molecule has 2 aliphatic rings. The van der Waals surface area contributed by atoms with Gasteiger partial charge in [-0.1, -0.05) is 24.3 Å². The lowest BCUT2D eigenvalue weighted by Crippen LogP contribution is -2.48. The maximum Gasteiger partial charge on any atom is 0.322 e. The third-order valence-corrected chi connectivity index (χ3v) is 6.52. The number of fused-ring (bicyclic) bond motifs is 1. The molecule has 1 saturated heterocycles. The van der Waals surface area contributed by atoms with Crippen LogP contribution in [-0.4, -0.2) is 41.4 Å². The third kappa shape index (κ3) is 2.23. The highest BCUT2D eigenvalue weighted by Crippen LogP contribution is 2.31. The average molecular weight is 295 g/mol. The molecule has 108 valence electrons. The molecule has 0 spiro atoms. The highest BCUT2D eigenvalue weighted by atomic mass is 32.2. The second-order valence-corrected chi connectivity index (χ2v) is 7.84. The van der Waals surface area contributed by atoms with E-state index in [-0.39, 0.29) is 5.75 Å². The molecule has 0 aliphatic carbocycles. The lowest BCUT2D eigenvalue weighted by Gasteiger charge is -2.28. The Morgan fingerprint density at radius 1 is 1.25 bits per heavy atom. The number of carboxylic acids is 1. The topological polar surface area (TPSA) is 74.7 Å². The Hall–Kier alpha value is -1.40. The van der Waals surface area contributed by atoms with Gasteiger partial charge in [-0.3, -0.25) is 9.69 Å². The van der Waals surface area contributed by atoms with Crippen LogP contribution in [-0.2, 0) is 27.7 Å². The minimum absolute atomic E-state index is 0.113. The summed E-state index contributed by atoms with van der Waals surface area (Å²) in [6.07, 6.45) is 1.02. The standard InChI is InChI=1S/C14H17NO4S/c16-14(17)13(12-6-3-7-20(12,18)19)15-8-10-4-1-2-5-11(10)9-15/h1-2,4-5,12-13H,3,6-9H2,(H,16,17). The summed E-state index contributed by atoms with van der Waals surface area (Å²) in [5, 5.41) is 8.73.